The zero-order valence-corrected chi connectivity index (χ0v) is 18.2. The van der Waals surface area contributed by atoms with Crippen LogP contribution in [0.5, 0.6) is 11.5 Å². The van der Waals surface area contributed by atoms with Gasteiger partial charge in [0, 0.05) is 44.3 Å². The molecule has 9 heteroatoms. The predicted molar refractivity (Wildman–Crippen MR) is 111 cm³/mol. The van der Waals surface area contributed by atoms with E-state index in [2.05, 4.69) is 15.0 Å². The second-order valence-corrected chi connectivity index (χ2v) is 6.13. The Morgan fingerprint density at radius 2 is 2.22 bits per heavy atom. The summed E-state index contributed by atoms with van der Waals surface area (Å²) in [4.78, 5) is 6.62. The fourth-order valence-corrected chi connectivity index (χ4v) is 2.83. The van der Waals surface area contributed by atoms with Crippen LogP contribution in [0.2, 0.25) is 0 Å². The lowest BCUT2D eigenvalue weighted by atomic mass is 10.1. The zero-order chi connectivity index (χ0) is 18.9. The number of hydrogen-bond acceptors (Lipinski definition) is 4. The highest BCUT2D eigenvalue weighted by Gasteiger charge is 2.19. The number of halogens is 3. The Bertz CT molecular complexity index is 599. The molecule has 6 nitrogen and oxygen atoms in total. The second-order valence-electron chi connectivity index (χ2n) is 6.13. The maximum Gasteiger partial charge on any atom is 0.387 e. The maximum atomic E-state index is 12.7. The molecule has 1 unspecified atom stereocenters. The third-order valence-electron chi connectivity index (χ3n) is 4.14. The molecular formula is C18H28F2IN3O3. The number of aliphatic imine (C=N–C) groups is 1. The van der Waals surface area contributed by atoms with Crippen molar-refractivity contribution >= 4 is 29.9 Å². The van der Waals surface area contributed by atoms with E-state index in [0.717, 1.165) is 32.1 Å². The summed E-state index contributed by atoms with van der Waals surface area (Å²) in [6, 6.07) is 4.84. The molecule has 1 aliphatic rings. The number of guanidine groups is 1. The van der Waals surface area contributed by atoms with Gasteiger partial charge in [0.1, 0.15) is 11.5 Å². The first-order valence-corrected chi connectivity index (χ1v) is 8.72. The van der Waals surface area contributed by atoms with E-state index in [1.54, 1.807) is 12.1 Å². The van der Waals surface area contributed by atoms with Crippen molar-refractivity contribution in [3.8, 4) is 11.5 Å². The van der Waals surface area contributed by atoms with Gasteiger partial charge in [-0.2, -0.15) is 8.78 Å². The van der Waals surface area contributed by atoms with Gasteiger partial charge in [0.05, 0.1) is 20.3 Å². The number of hydrogen-bond donors (Lipinski definition) is 1. The van der Waals surface area contributed by atoms with Crippen molar-refractivity contribution in [3.63, 3.8) is 0 Å². The minimum absolute atomic E-state index is 0. The normalized spacial score (nSPS) is 16.8. The van der Waals surface area contributed by atoms with Gasteiger partial charge in [0.15, 0.2) is 5.96 Å². The Morgan fingerprint density at radius 1 is 1.44 bits per heavy atom. The number of nitrogens with one attached hydrogen (secondary N) is 1. The standard InChI is InChI=1S/C18H27F2N3O3.HI/c1-4-21-18(23(2)11-13-7-8-25-12-13)22-10-14-5-6-15(24-3)9-16(14)26-17(19)20;/h5-6,9,13,17H,4,7-8,10-12H2,1-3H3,(H,21,22);1H. The van der Waals surface area contributed by atoms with Gasteiger partial charge in [-0.1, -0.05) is 0 Å². The van der Waals surface area contributed by atoms with Crippen molar-refractivity contribution in [3.05, 3.63) is 23.8 Å². The highest BCUT2D eigenvalue weighted by molar-refractivity contribution is 14.0. The monoisotopic (exact) mass is 499 g/mol. The smallest absolute Gasteiger partial charge is 0.387 e. The van der Waals surface area contributed by atoms with E-state index in [-0.39, 0.29) is 36.3 Å². The molecule has 0 amide bonds. The summed E-state index contributed by atoms with van der Waals surface area (Å²) in [6.45, 7) is 2.41. The first-order valence-electron chi connectivity index (χ1n) is 8.72. The molecular weight excluding hydrogens is 471 g/mol. The SMILES string of the molecule is CCNC(=NCc1ccc(OC)cc1OC(F)F)N(C)CC1CCOC1.I. The van der Waals surface area contributed by atoms with Crippen LogP contribution in [0.3, 0.4) is 0 Å². The van der Waals surface area contributed by atoms with Crippen molar-refractivity contribution in [1.29, 1.82) is 0 Å². The molecule has 0 bridgehead atoms. The van der Waals surface area contributed by atoms with E-state index in [1.165, 1.54) is 13.2 Å². The fourth-order valence-electron chi connectivity index (χ4n) is 2.83. The third kappa shape index (κ3) is 7.65. The van der Waals surface area contributed by atoms with Crippen LogP contribution in [0.1, 0.15) is 18.9 Å². The van der Waals surface area contributed by atoms with Gasteiger partial charge in [0.25, 0.3) is 0 Å². The highest BCUT2D eigenvalue weighted by atomic mass is 127. The molecule has 0 saturated carbocycles. The average molecular weight is 499 g/mol. The van der Waals surface area contributed by atoms with Gasteiger partial charge >= 0.3 is 6.61 Å². The highest BCUT2D eigenvalue weighted by Crippen LogP contribution is 2.27. The molecule has 0 aromatic heterocycles. The van der Waals surface area contributed by atoms with Crippen LogP contribution in [-0.2, 0) is 11.3 Å². The van der Waals surface area contributed by atoms with Crippen molar-refractivity contribution in [2.45, 2.75) is 26.5 Å². The fraction of sp³-hybridized carbons (Fsp3) is 0.611. The molecule has 2 rings (SSSR count). The molecule has 1 N–H and O–H groups in total. The van der Waals surface area contributed by atoms with Crippen LogP contribution in [0, 0.1) is 5.92 Å². The number of rotatable bonds is 8. The van der Waals surface area contributed by atoms with Gasteiger partial charge < -0.3 is 24.4 Å². The van der Waals surface area contributed by atoms with Crippen molar-refractivity contribution < 1.29 is 23.0 Å². The predicted octanol–water partition coefficient (Wildman–Crippen LogP) is 3.35. The zero-order valence-electron chi connectivity index (χ0n) is 15.9. The number of benzene rings is 1. The lowest BCUT2D eigenvalue weighted by Gasteiger charge is -2.24. The van der Waals surface area contributed by atoms with E-state index in [1.807, 2.05) is 18.9 Å². The van der Waals surface area contributed by atoms with Crippen LogP contribution < -0.4 is 14.8 Å². The summed E-state index contributed by atoms with van der Waals surface area (Å²) in [5.74, 6) is 1.73. The number of alkyl halides is 2. The largest absolute Gasteiger partial charge is 0.497 e. The number of ether oxygens (including phenoxy) is 3. The minimum Gasteiger partial charge on any atom is -0.497 e. The Hall–Kier alpha value is -1.36. The molecule has 0 aliphatic carbocycles. The van der Waals surface area contributed by atoms with Crippen LogP contribution in [0.4, 0.5) is 8.78 Å². The number of methoxy groups -OCH3 is 1. The van der Waals surface area contributed by atoms with Gasteiger partial charge in [0.2, 0.25) is 0 Å². The van der Waals surface area contributed by atoms with Gasteiger partial charge in [-0.3, -0.25) is 0 Å². The molecule has 1 aromatic rings. The molecule has 27 heavy (non-hydrogen) atoms. The van der Waals surface area contributed by atoms with E-state index in [0.29, 0.717) is 23.8 Å². The number of nitrogens with zero attached hydrogens (tertiary/aromatic N) is 2. The lowest BCUT2D eigenvalue weighted by Crippen LogP contribution is -2.41. The minimum atomic E-state index is -2.90. The summed E-state index contributed by atoms with van der Waals surface area (Å²) in [6.07, 6.45) is 1.04. The molecule has 1 aliphatic heterocycles. The lowest BCUT2D eigenvalue weighted by molar-refractivity contribution is -0.0505. The summed E-state index contributed by atoms with van der Waals surface area (Å²) < 4.78 is 40.5. The average Bonchev–Trinajstić information content (AvgIpc) is 3.11. The van der Waals surface area contributed by atoms with Gasteiger partial charge in [-0.25, -0.2) is 4.99 Å². The molecule has 154 valence electrons. The van der Waals surface area contributed by atoms with Crippen LogP contribution >= 0.6 is 24.0 Å². The Balaban J connectivity index is 0.00000364. The molecule has 1 heterocycles. The molecule has 0 radical (unpaired) electrons. The van der Waals surface area contributed by atoms with E-state index < -0.39 is 6.61 Å². The van der Waals surface area contributed by atoms with Crippen LogP contribution in [0.25, 0.3) is 0 Å². The van der Waals surface area contributed by atoms with Gasteiger partial charge in [-0.15, -0.1) is 24.0 Å². The van der Waals surface area contributed by atoms with E-state index in [4.69, 9.17) is 9.47 Å². The Morgan fingerprint density at radius 3 is 2.81 bits per heavy atom. The summed E-state index contributed by atoms with van der Waals surface area (Å²) in [5.41, 5.74) is 0.569. The summed E-state index contributed by atoms with van der Waals surface area (Å²) in [5, 5.41) is 3.23. The van der Waals surface area contributed by atoms with E-state index in [9.17, 15) is 8.78 Å². The van der Waals surface area contributed by atoms with Crippen LogP contribution in [-0.4, -0.2) is 57.9 Å². The van der Waals surface area contributed by atoms with Crippen LogP contribution in [0.15, 0.2) is 23.2 Å². The van der Waals surface area contributed by atoms with Gasteiger partial charge in [-0.05, 0) is 25.5 Å². The Kier molecular flexibility index (Phi) is 10.7. The van der Waals surface area contributed by atoms with E-state index >= 15 is 0 Å². The Labute approximate surface area is 176 Å². The summed E-state index contributed by atoms with van der Waals surface area (Å²) in [7, 11) is 3.44. The topological polar surface area (TPSA) is 55.3 Å². The molecule has 0 spiro atoms. The summed E-state index contributed by atoms with van der Waals surface area (Å²) >= 11 is 0. The van der Waals surface area contributed by atoms with Crippen molar-refractivity contribution in [2.75, 3.05) is 40.5 Å². The molecule has 1 fully saturated rings. The van der Waals surface area contributed by atoms with Crippen molar-refractivity contribution in [1.82, 2.24) is 10.2 Å². The second kappa shape index (κ2) is 12.2. The first kappa shape index (κ1) is 23.7. The van der Waals surface area contributed by atoms with Crippen molar-refractivity contribution in [2.24, 2.45) is 10.9 Å². The molecule has 1 aromatic carbocycles. The maximum absolute atomic E-state index is 12.7. The quantitative estimate of drug-likeness (QED) is 0.338. The molecule has 1 saturated heterocycles. The molecule has 1 atom stereocenters. The first-order chi connectivity index (χ1) is 12.5. The third-order valence-corrected chi connectivity index (χ3v) is 4.14.